The molecule has 0 saturated heterocycles. The molecule has 25 heavy (non-hydrogen) atoms. The van der Waals surface area contributed by atoms with Crippen LogP contribution in [0.1, 0.15) is 5.56 Å². The molecular formula is C15H12F3N5OS. The number of urea groups is 1. The zero-order valence-corrected chi connectivity index (χ0v) is 13.6. The third-order valence-corrected chi connectivity index (χ3v) is 4.28. The van der Waals surface area contributed by atoms with Crippen molar-refractivity contribution in [3.63, 3.8) is 0 Å². The van der Waals surface area contributed by atoms with Crippen molar-refractivity contribution in [1.29, 1.82) is 0 Å². The summed E-state index contributed by atoms with van der Waals surface area (Å²) in [4.78, 5) is 21.7. The van der Waals surface area contributed by atoms with Gasteiger partial charge in [0.15, 0.2) is 5.13 Å². The molecule has 0 aliphatic rings. The van der Waals surface area contributed by atoms with E-state index in [2.05, 4.69) is 15.3 Å². The van der Waals surface area contributed by atoms with E-state index >= 15 is 0 Å². The number of rotatable bonds is 3. The average molecular weight is 367 g/mol. The number of anilines is 3. The molecule has 3 aromatic rings. The molecule has 0 fully saturated rings. The van der Waals surface area contributed by atoms with Crippen molar-refractivity contribution in [2.24, 2.45) is 5.73 Å². The van der Waals surface area contributed by atoms with Gasteiger partial charge in [-0.2, -0.15) is 13.2 Å². The van der Waals surface area contributed by atoms with Gasteiger partial charge in [-0.15, -0.1) is 0 Å². The first kappa shape index (κ1) is 17.0. The van der Waals surface area contributed by atoms with Crippen LogP contribution in [0, 0.1) is 0 Å². The van der Waals surface area contributed by atoms with Gasteiger partial charge in [0.05, 0.1) is 5.56 Å². The van der Waals surface area contributed by atoms with E-state index in [-0.39, 0.29) is 0 Å². The molecular weight excluding hydrogens is 355 g/mol. The van der Waals surface area contributed by atoms with E-state index in [0.29, 0.717) is 27.0 Å². The minimum atomic E-state index is -4.37. The fraction of sp³-hybridized carbons (Fsp3) is 0.133. The number of aromatic nitrogens is 2. The van der Waals surface area contributed by atoms with Crippen molar-refractivity contribution in [2.75, 3.05) is 17.3 Å². The average Bonchev–Trinajstić information content (AvgIpc) is 2.93. The standard InChI is InChI=1S/C15H12F3N5OS/c1-23(9-4-2-8(3-5-9)15(16,17)18)11-7-6-10-12(21-11)25-14(20-10)22-13(19)24/h2-7H,1H3,(H3,19,20,22,24). The number of nitrogens with zero attached hydrogens (tertiary/aromatic N) is 3. The minimum absolute atomic E-state index is 0.323. The van der Waals surface area contributed by atoms with Crippen molar-refractivity contribution >= 4 is 44.4 Å². The second kappa shape index (κ2) is 6.20. The number of alkyl halides is 3. The molecule has 10 heteroatoms. The number of fused-ring (bicyclic) bond motifs is 1. The van der Waals surface area contributed by atoms with Gasteiger partial charge in [-0.05, 0) is 36.4 Å². The Labute approximate surface area is 144 Å². The molecule has 2 heterocycles. The Morgan fingerprint density at radius 2 is 1.84 bits per heavy atom. The first-order valence-electron chi connectivity index (χ1n) is 6.99. The quantitative estimate of drug-likeness (QED) is 0.734. The maximum atomic E-state index is 12.6. The third-order valence-electron chi connectivity index (χ3n) is 3.40. The molecule has 0 spiro atoms. The highest BCUT2D eigenvalue weighted by molar-refractivity contribution is 7.21. The molecule has 2 aromatic heterocycles. The Bertz CT molecular complexity index is 923. The SMILES string of the molecule is CN(c1ccc(C(F)(F)F)cc1)c1ccc2nc(NC(N)=O)sc2n1. The third kappa shape index (κ3) is 3.63. The largest absolute Gasteiger partial charge is 0.416 e. The first-order chi connectivity index (χ1) is 11.7. The van der Waals surface area contributed by atoms with Crippen LogP contribution in [0.15, 0.2) is 36.4 Å². The predicted molar refractivity (Wildman–Crippen MR) is 90.1 cm³/mol. The van der Waals surface area contributed by atoms with E-state index in [4.69, 9.17) is 5.73 Å². The van der Waals surface area contributed by atoms with E-state index < -0.39 is 17.8 Å². The fourth-order valence-corrected chi connectivity index (χ4v) is 3.00. The van der Waals surface area contributed by atoms with Gasteiger partial charge in [-0.1, -0.05) is 11.3 Å². The molecule has 0 atom stereocenters. The number of benzene rings is 1. The van der Waals surface area contributed by atoms with Gasteiger partial charge in [0.1, 0.15) is 16.2 Å². The number of pyridine rings is 1. The van der Waals surface area contributed by atoms with Gasteiger partial charge in [0.2, 0.25) is 0 Å². The summed E-state index contributed by atoms with van der Waals surface area (Å²) in [5, 5.41) is 2.70. The van der Waals surface area contributed by atoms with E-state index in [1.807, 2.05) is 0 Å². The van der Waals surface area contributed by atoms with E-state index in [1.165, 1.54) is 12.1 Å². The molecule has 0 aliphatic heterocycles. The van der Waals surface area contributed by atoms with Crippen LogP contribution in [-0.2, 0) is 6.18 Å². The second-order valence-corrected chi connectivity index (χ2v) is 6.08. The summed E-state index contributed by atoms with van der Waals surface area (Å²) < 4.78 is 37.9. The van der Waals surface area contributed by atoms with Crippen LogP contribution < -0.4 is 16.0 Å². The molecule has 2 amide bonds. The van der Waals surface area contributed by atoms with Gasteiger partial charge < -0.3 is 10.6 Å². The molecule has 0 radical (unpaired) electrons. The Morgan fingerprint density at radius 1 is 1.16 bits per heavy atom. The number of carbonyl (C=O) groups excluding carboxylic acids is 1. The van der Waals surface area contributed by atoms with E-state index in [9.17, 15) is 18.0 Å². The van der Waals surface area contributed by atoms with Gasteiger partial charge in [-0.3, -0.25) is 5.32 Å². The Kier molecular flexibility index (Phi) is 4.21. The number of amides is 2. The van der Waals surface area contributed by atoms with Crippen LogP contribution in [0.2, 0.25) is 0 Å². The topological polar surface area (TPSA) is 84.1 Å². The van der Waals surface area contributed by atoms with Crippen LogP contribution in [0.5, 0.6) is 0 Å². The Morgan fingerprint density at radius 3 is 2.44 bits per heavy atom. The van der Waals surface area contributed by atoms with Crippen LogP contribution in [0.4, 0.5) is 34.6 Å². The van der Waals surface area contributed by atoms with Crippen molar-refractivity contribution in [1.82, 2.24) is 9.97 Å². The number of thiazole rings is 1. The van der Waals surface area contributed by atoms with Crippen molar-refractivity contribution in [3.8, 4) is 0 Å². The smallest absolute Gasteiger partial charge is 0.351 e. The number of nitrogens with one attached hydrogen (secondary N) is 1. The summed E-state index contributed by atoms with van der Waals surface area (Å²) in [6.45, 7) is 0. The second-order valence-electron chi connectivity index (χ2n) is 5.11. The predicted octanol–water partition coefficient (Wildman–Crippen LogP) is 3.97. The van der Waals surface area contributed by atoms with E-state index in [0.717, 1.165) is 23.5 Å². The molecule has 3 rings (SSSR count). The Hall–Kier alpha value is -2.88. The number of nitrogens with two attached hydrogens (primary N) is 1. The van der Waals surface area contributed by atoms with Crippen molar-refractivity contribution in [3.05, 3.63) is 42.0 Å². The van der Waals surface area contributed by atoms with Gasteiger partial charge >= 0.3 is 12.2 Å². The lowest BCUT2D eigenvalue weighted by Gasteiger charge is -2.18. The number of primary amides is 1. The molecule has 6 nitrogen and oxygen atoms in total. The maximum Gasteiger partial charge on any atom is 0.416 e. The number of halogens is 3. The van der Waals surface area contributed by atoms with Crippen molar-refractivity contribution in [2.45, 2.75) is 6.18 Å². The van der Waals surface area contributed by atoms with Crippen molar-refractivity contribution < 1.29 is 18.0 Å². The van der Waals surface area contributed by atoms with E-state index in [1.54, 1.807) is 24.1 Å². The lowest BCUT2D eigenvalue weighted by atomic mass is 10.2. The summed E-state index contributed by atoms with van der Waals surface area (Å²) in [5.74, 6) is 0.529. The molecule has 0 unspecified atom stereocenters. The number of hydrogen-bond donors (Lipinski definition) is 2. The normalized spacial score (nSPS) is 11.5. The van der Waals surface area contributed by atoms with Crippen LogP contribution in [0.25, 0.3) is 10.3 Å². The summed E-state index contributed by atoms with van der Waals surface area (Å²) in [7, 11) is 1.69. The van der Waals surface area contributed by atoms with Gasteiger partial charge in [-0.25, -0.2) is 14.8 Å². The maximum absolute atomic E-state index is 12.6. The molecule has 3 N–H and O–H groups in total. The summed E-state index contributed by atoms with van der Waals surface area (Å²) in [6, 6.07) is 7.47. The summed E-state index contributed by atoms with van der Waals surface area (Å²) in [6.07, 6.45) is -4.37. The fourth-order valence-electron chi connectivity index (χ4n) is 2.16. The zero-order chi connectivity index (χ0) is 18.2. The minimum Gasteiger partial charge on any atom is -0.351 e. The summed E-state index contributed by atoms with van der Waals surface area (Å²) >= 11 is 1.15. The van der Waals surface area contributed by atoms with Gasteiger partial charge in [0.25, 0.3) is 0 Å². The monoisotopic (exact) mass is 367 g/mol. The number of hydrogen-bond acceptors (Lipinski definition) is 5. The molecule has 0 aliphatic carbocycles. The van der Waals surface area contributed by atoms with Gasteiger partial charge in [0, 0.05) is 12.7 Å². The summed E-state index contributed by atoms with van der Waals surface area (Å²) in [5.41, 5.74) is 5.48. The highest BCUT2D eigenvalue weighted by Gasteiger charge is 2.30. The first-order valence-corrected chi connectivity index (χ1v) is 7.81. The van der Waals surface area contributed by atoms with Crippen LogP contribution in [0.3, 0.4) is 0 Å². The molecule has 0 bridgehead atoms. The van der Waals surface area contributed by atoms with Crippen LogP contribution >= 0.6 is 11.3 Å². The molecule has 0 saturated carbocycles. The Balaban J connectivity index is 1.88. The zero-order valence-electron chi connectivity index (χ0n) is 12.8. The lowest BCUT2D eigenvalue weighted by Crippen LogP contribution is -2.18. The molecule has 1 aromatic carbocycles. The number of carbonyl (C=O) groups is 1. The van der Waals surface area contributed by atoms with Crippen LogP contribution in [-0.4, -0.2) is 23.0 Å². The highest BCUT2D eigenvalue weighted by Crippen LogP contribution is 2.32. The molecule has 130 valence electrons. The lowest BCUT2D eigenvalue weighted by molar-refractivity contribution is -0.137. The highest BCUT2D eigenvalue weighted by atomic mass is 32.1.